The number of ether oxygens (including phenoxy) is 1. The lowest BCUT2D eigenvalue weighted by atomic mass is 9.95. The van der Waals surface area contributed by atoms with Crippen molar-refractivity contribution in [2.75, 3.05) is 7.05 Å². The molecule has 2 N–H and O–H groups in total. The van der Waals surface area contributed by atoms with Crippen LogP contribution in [-0.4, -0.2) is 48.1 Å². The van der Waals surface area contributed by atoms with Gasteiger partial charge in [0.05, 0.1) is 6.57 Å². The van der Waals surface area contributed by atoms with E-state index in [1.165, 1.54) is 19.3 Å². The Morgan fingerprint density at radius 1 is 1.00 bits per heavy atom. The Morgan fingerprint density at radius 2 is 1.78 bits per heavy atom. The highest BCUT2D eigenvalue weighted by Gasteiger charge is 2.24. The molecular formula is C35H31N9O2. The Morgan fingerprint density at radius 3 is 2.50 bits per heavy atom. The number of aromatic nitrogens is 7. The third-order valence-electron chi connectivity index (χ3n) is 8.50. The van der Waals surface area contributed by atoms with E-state index in [1.54, 1.807) is 31.4 Å². The highest BCUT2D eigenvalue weighted by atomic mass is 16.5. The van der Waals surface area contributed by atoms with E-state index in [4.69, 9.17) is 21.3 Å². The van der Waals surface area contributed by atoms with E-state index < -0.39 is 0 Å². The standard InChI is InChI=1S/C35H31N9O2/c1-36-27-13-8-22(9-14-27)30-17-12-24(35(45)37-2)18-26(30)21-46-29-15-10-23(11-16-29)33-39-31-19-25(32-40-42-43-41-32)20-38-34(31)44(33)28-6-4-3-5-7-28/h8-20,28H,3-7,21H2,2H3,(H,37,45)(H,40,41,42,43). The molecule has 11 nitrogen and oxygen atoms in total. The van der Waals surface area contributed by atoms with E-state index in [0.29, 0.717) is 28.9 Å². The number of pyridine rings is 1. The first kappa shape index (κ1) is 28.9. The van der Waals surface area contributed by atoms with Crippen LogP contribution >= 0.6 is 0 Å². The van der Waals surface area contributed by atoms with E-state index >= 15 is 0 Å². The summed E-state index contributed by atoms with van der Waals surface area (Å²) in [5.74, 6) is 1.95. The lowest BCUT2D eigenvalue weighted by Gasteiger charge is -2.25. The van der Waals surface area contributed by atoms with Crippen molar-refractivity contribution in [2.45, 2.75) is 44.8 Å². The Hall–Kier alpha value is -5.89. The number of aromatic amines is 1. The molecule has 0 radical (unpaired) electrons. The summed E-state index contributed by atoms with van der Waals surface area (Å²) in [4.78, 5) is 25.8. The minimum absolute atomic E-state index is 0.166. The maximum absolute atomic E-state index is 12.4. The summed E-state index contributed by atoms with van der Waals surface area (Å²) in [5.41, 5.74) is 7.28. The van der Waals surface area contributed by atoms with Gasteiger partial charge in [-0.1, -0.05) is 49.6 Å². The van der Waals surface area contributed by atoms with E-state index in [-0.39, 0.29) is 12.5 Å². The van der Waals surface area contributed by atoms with Gasteiger partial charge in [-0.2, -0.15) is 0 Å². The summed E-state index contributed by atoms with van der Waals surface area (Å²) < 4.78 is 8.57. The van der Waals surface area contributed by atoms with Crippen LogP contribution < -0.4 is 10.1 Å². The van der Waals surface area contributed by atoms with Gasteiger partial charge >= 0.3 is 0 Å². The smallest absolute Gasteiger partial charge is 0.251 e. The third-order valence-corrected chi connectivity index (χ3v) is 8.50. The second-order valence-electron chi connectivity index (χ2n) is 11.3. The van der Waals surface area contributed by atoms with Crippen molar-refractivity contribution in [3.05, 3.63) is 102 Å². The molecule has 0 atom stereocenters. The molecule has 11 heteroatoms. The molecular weight excluding hydrogens is 578 g/mol. The molecule has 0 aliphatic heterocycles. The lowest BCUT2D eigenvalue weighted by molar-refractivity contribution is 0.0963. The number of H-pyrrole nitrogens is 1. The summed E-state index contributed by atoms with van der Waals surface area (Å²) in [7, 11) is 1.61. The predicted octanol–water partition coefficient (Wildman–Crippen LogP) is 6.94. The topological polar surface area (TPSA) is 128 Å². The van der Waals surface area contributed by atoms with Crippen molar-refractivity contribution in [3.8, 4) is 39.7 Å². The molecule has 0 bridgehead atoms. The maximum atomic E-state index is 12.4. The maximum Gasteiger partial charge on any atom is 0.251 e. The Kier molecular flexibility index (Phi) is 7.91. The molecule has 3 aromatic heterocycles. The van der Waals surface area contributed by atoms with E-state index in [0.717, 1.165) is 57.6 Å². The second kappa shape index (κ2) is 12.6. The summed E-state index contributed by atoms with van der Waals surface area (Å²) >= 11 is 0. The van der Waals surface area contributed by atoms with Crippen LogP contribution in [0.5, 0.6) is 5.75 Å². The van der Waals surface area contributed by atoms with Crippen LogP contribution in [0.4, 0.5) is 5.69 Å². The number of benzene rings is 3. The molecule has 1 aliphatic rings. The normalized spacial score (nSPS) is 13.4. The zero-order chi connectivity index (χ0) is 31.5. The zero-order valence-corrected chi connectivity index (χ0v) is 25.3. The zero-order valence-electron chi connectivity index (χ0n) is 25.3. The number of hydrogen-bond donors (Lipinski definition) is 2. The summed E-state index contributed by atoms with van der Waals surface area (Å²) in [5, 5.41) is 16.9. The van der Waals surface area contributed by atoms with Gasteiger partial charge in [0.15, 0.2) is 17.2 Å². The molecule has 6 aromatic rings. The van der Waals surface area contributed by atoms with Crippen molar-refractivity contribution in [1.29, 1.82) is 0 Å². The van der Waals surface area contributed by atoms with Crippen molar-refractivity contribution >= 4 is 22.8 Å². The van der Waals surface area contributed by atoms with Crippen LogP contribution in [0, 0.1) is 6.57 Å². The fourth-order valence-electron chi connectivity index (χ4n) is 6.14. The molecule has 1 amide bonds. The lowest BCUT2D eigenvalue weighted by Crippen LogP contribution is -2.18. The Bertz CT molecular complexity index is 2040. The van der Waals surface area contributed by atoms with Crippen molar-refractivity contribution in [1.82, 2.24) is 40.5 Å². The SMILES string of the molecule is [C-]#[N+]c1ccc(-c2ccc(C(=O)NC)cc2COc2ccc(-c3nc4cc(-c5nnn[nH]5)cnc4n3C3CCCCC3)cc2)cc1. The molecule has 1 fully saturated rings. The van der Waals surface area contributed by atoms with Gasteiger partial charge in [-0.05, 0) is 82.4 Å². The number of tetrazole rings is 1. The highest BCUT2D eigenvalue weighted by molar-refractivity contribution is 5.95. The fraction of sp³-hybridized carbons (Fsp3) is 0.229. The number of imidazole rings is 1. The molecule has 7 rings (SSSR count). The number of carbonyl (C=O) groups is 1. The van der Waals surface area contributed by atoms with Crippen molar-refractivity contribution in [2.24, 2.45) is 0 Å². The molecule has 0 unspecified atom stereocenters. The molecule has 1 saturated carbocycles. The molecule has 1 aliphatic carbocycles. The van der Waals surface area contributed by atoms with Gasteiger partial charge in [-0.25, -0.2) is 19.9 Å². The molecule has 228 valence electrons. The molecule has 3 heterocycles. The van der Waals surface area contributed by atoms with Crippen LogP contribution in [0.3, 0.4) is 0 Å². The summed E-state index contributed by atoms with van der Waals surface area (Å²) in [6, 6.07) is 23.3. The molecule has 0 saturated heterocycles. The number of fused-ring (bicyclic) bond motifs is 1. The molecule has 3 aromatic carbocycles. The van der Waals surface area contributed by atoms with Crippen molar-refractivity contribution in [3.63, 3.8) is 0 Å². The second-order valence-corrected chi connectivity index (χ2v) is 11.3. The summed E-state index contributed by atoms with van der Waals surface area (Å²) in [6.45, 7) is 7.52. The van der Waals surface area contributed by atoms with Gasteiger partial charge < -0.3 is 14.6 Å². The van der Waals surface area contributed by atoms with Gasteiger partial charge in [-0.15, -0.1) is 5.10 Å². The fourth-order valence-corrected chi connectivity index (χ4v) is 6.14. The number of amides is 1. The minimum Gasteiger partial charge on any atom is -0.489 e. The first-order chi connectivity index (χ1) is 22.6. The first-order valence-electron chi connectivity index (χ1n) is 15.3. The van der Waals surface area contributed by atoms with Gasteiger partial charge in [0.2, 0.25) is 0 Å². The minimum atomic E-state index is -0.166. The van der Waals surface area contributed by atoms with Crippen molar-refractivity contribution < 1.29 is 9.53 Å². The van der Waals surface area contributed by atoms with Gasteiger partial charge in [0.1, 0.15) is 23.7 Å². The van der Waals surface area contributed by atoms with Crippen LogP contribution in [0.15, 0.2) is 79.0 Å². The van der Waals surface area contributed by atoms with E-state index in [9.17, 15) is 4.79 Å². The average Bonchev–Trinajstić information content (AvgIpc) is 3.80. The predicted molar refractivity (Wildman–Crippen MR) is 174 cm³/mol. The number of hydrogen-bond acceptors (Lipinski definition) is 7. The molecule has 46 heavy (non-hydrogen) atoms. The van der Waals surface area contributed by atoms with E-state index in [1.807, 2.05) is 54.6 Å². The van der Waals surface area contributed by atoms with Crippen LogP contribution in [0.2, 0.25) is 0 Å². The Labute approximate surface area is 265 Å². The molecule has 0 spiro atoms. The quantitative estimate of drug-likeness (QED) is 0.179. The number of nitrogens with zero attached hydrogens (tertiary/aromatic N) is 7. The summed E-state index contributed by atoms with van der Waals surface area (Å²) in [6.07, 6.45) is 7.59. The first-order valence-corrected chi connectivity index (χ1v) is 15.3. The Balaban J connectivity index is 1.18. The van der Waals surface area contributed by atoms with E-state index in [2.05, 4.69) is 35.4 Å². The number of carbonyl (C=O) groups excluding carboxylic acids is 1. The van der Waals surface area contributed by atoms with Gasteiger partial charge in [-0.3, -0.25) is 4.79 Å². The number of rotatable bonds is 8. The van der Waals surface area contributed by atoms with Crippen LogP contribution in [0.1, 0.15) is 54.1 Å². The highest BCUT2D eigenvalue weighted by Crippen LogP contribution is 2.36. The van der Waals surface area contributed by atoms with Gasteiger partial charge in [0.25, 0.3) is 5.91 Å². The third kappa shape index (κ3) is 5.68. The van der Waals surface area contributed by atoms with Gasteiger partial charge in [0, 0.05) is 36.0 Å². The average molecular weight is 610 g/mol. The number of nitrogens with one attached hydrogen (secondary N) is 2. The largest absolute Gasteiger partial charge is 0.489 e. The monoisotopic (exact) mass is 609 g/mol. The van der Waals surface area contributed by atoms with Crippen LogP contribution in [0.25, 0.3) is 49.9 Å². The van der Waals surface area contributed by atoms with Crippen LogP contribution in [-0.2, 0) is 6.61 Å².